The van der Waals surface area contributed by atoms with Gasteiger partial charge in [-0.15, -0.1) is 11.3 Å². The Hall–Kier alpha value is -1.96. The second-order valence-corrected chi connectivity index (χ2v) is 8.62. The van der Waals surface area contributed by atoms with E-state index in [2.05, 4.69) is 18.8 Å². The average molecular weight is 379 g/mol. The number of thiazole rings is 1. The Bertz CT molecular complexity index is 694. The van der Waals surface area contributed by atoms with Gasteiger partial charge in [-0.25, -0.2) is 9.78 Å². The maximum atomic E-state index is 12.8. The molecule has 7 nitrogen and oxygen atoms in total. The summed E-state index contributed by atoms with van der Waals surface area (Å²) in [7, 11) is 0. The molecule has 3 heterocycles. The zero-order chi connectivity index (χ0) is 18.8. The molecule has 2 fully saturated rings. The second kappa shape index (κ2) is 7.73. The first kappa shape index (κ1) is 18.8. The first-order valence-corrected chi connectivity index (χ1v) is 9.92. The minimum absolute atomic E-state index is 0.0772. The number of carboxylic acid groups (broad SMARTS) is 1. The lowest BCUT2D eigenvalue weighted by molar-refractivity contribution is -0.136. The predicted molar refractivity (Wildman–Crippen MR) is 97.2 cm³/mol. The standard InChI is InChI=1S/C18H25N3O4S/c1-11(2)9-21-10-13(7-15(21)22)17(23)20-5-3-12(4-6-20)16-19-8-14(26-16)18(24)25/h8,11-13H,3-7,9-10H2,1-2H3,(H,24,25). The molecular weight excluding hydrogens is 354 g/mol. The van der Waals surface area contributed by atoms with E-state index in [0.29, 0.717) is 38.5 Å². The largest absolute Gasteiger partial charge is 0.477 e. The van der Waals surface area contributed by atoms with Crippen molar-refractivity contribution in [3.8, 4) is 0 Å². The molecule has 1 aromatic heterocycles. The summed E-state index contributed by atoms with van der Waals surface area (Å²) in [5.41, 5.74) is 0. The Morgan fingerprint density at radius 2 is 2.04 bits per heavy atom. The molecular formula is C18H25N3O4S. The number of nitrogens with zero attached hydrogens (tertiary/aromatic N) is 3. The van der Waals surface area contributed by atoms with Crippen LogP contribution in [-0.4, -0.2) is 63.9 Å². The second-order valence-electron chi connectivity index (χ2n) is 7.56. The molecule has 1 N–H and O–H groups in total. The summed E-state index contributed by atoms with van der Waals surface area (Å²) in [5.74, 6) is -0.406. The first-order valence-electron chi connectivity index (χ1n) is 9.10. The molecule has 26 heavy (non-hydrogen) atoms. The average Bonchev–Trinajstić information content (AvgIpc) is 3.22. The van der Waals surface area contributed by atoms with Crippen LogP contribution in [0.15, 0.2) is 6.20 Å². The van der Waals surface area contributed by atoms with Gasteiger partial charge in [0.05, 0.1) is 17.1 Å². The fourth-order valence-corrected chi connectivity index (χ4v) is 4.66. The fourth-order valence-electron chi connectivity index (χ4n) is 3.74. The molecule has 1 atom stereocenters. The third-order valence-electron chi connectivity index (χ3n) is 5.04. The molecule has 0 radical (unpaired) electrons. The highest BCUT2D eigenvalue weighted by Gasteiger charge is 2.37. The number of carboxylic acids is 1. The van der Waals surface area contributed by atoms with E-state index < -0.39 is 5.97 Å². The minimum atomic E-state index is -0.946. The maximum absolute atomic E-state index is 12.8. The molecule has 0 bridgehead atoms. The summed E-state index contributed by atoms with van der Waals surface area (Å²) in [6.07, 6.45) is 3.30. The van der Waals surface area contributed by atoms with E-state index in [1.807, 2.05) is 9.80 Å². The molecule has 0 aliphatic carbocycles. The lowest BCUT2D eigenvalue weighted by Gasteiger charge is -2.32. The van der Waals surface area contributed by atoms with Crippen molar-refractivity contribution in [3.05, 3.63) is 16.1 Å². The topological polar surface area (TPSA) is 90.8 Å². The maximum Gasteiger partial charge on any atom is 0.347 e. The molecule has 1 aromatic rings. The van der Waals surface area contributed by atoms with Crippen molar-refractivity contribution in [2.75, 3.05) is 26.2 Å². The summed E-state index contributed by atoms with van der Waals surface area (Å²) in [6, 6.07) is 0. The van der Waals surface area contributed by atoms with Gasteiger partial charge < -0.3 is 14.9 Å². The van der Waals surface area contributed by atoms with Crippen LogP contribution in [0, 0.1) is 11.8 Å². The number of piperidine rings is 1. The molecule has 0 aromatic carbocycles. The van der Waals surface area contributed by atoms with E-state index in [9.17, 15) is 14.4 Å². The van der Waals surface area contributed by atoms with Gasteiger partial charge in [-0.05, 0) is 18.8 Å². The van der Waals surface area contributed by atoms with Crippen molar-refractivity contribution in [3.63, 3.8) is 0 Å². The quantitative estimate of drug-likeness (QED) is 0.845. The highest BCUT2D eigenvalue weighted by molar-refractivity contribution is 7.13. The smallest absolute Gasteiger partial charge is 0.347 e. The van der Waals surface area contributed by atoms with Gasteiger partial charge in [0, 0.05) is 38.5 Å². The Kier molecular flexibility index (Phi) is 5.60. The number of likely N-dealkylation sites (tertiary alicyclic amines) is 2. The van der Waals surface area contributed by atoms with Crippen LogP contribution < -0.4 is 0 Å². The number of carbonyl (C=O) groups excluding carboxylic acids is 2. The monoisotopic (exact) mass is 379 g/mol. The predicted octanol–water partition coefficient (Wildman–Crippen LogP) is 2.05. The van der Waals surface area contributed by atoms with Crippen LogP contribution in [0.1, 0.15) is 53.7 Å². The molecule has 0 saturated carbocycles. The van der Waals surface area contributed by atoms with Gasteiger partial charge in [-0.2, -0.15) is 0 Å². The lowest BCUT2D eigenvalue weighted by Crippen LogP contribution is -2.42. The van der Waals surface area contributed by atoms with Gasteiger partial charge in [-0.1, -0.05) is 13.8 Å². The SMILES string of the molecule is CC(C)CN1CC(C(=O)N2CCC(c3ncc(C(=O)O)s3)CC2)CC1=O. The van der Waals surface area contributed by atoms with E-state index in [1.54, 1.807) is 0 Å². The fraction of sp³-hybridized carbons (Fsp3) is 0.667. The van der Waals surface area contributed by atoms with E-state index in [1.165, 1.54) is 17.5 Å². The van der Waals surface area contributed by atoms with Gasteiger partial charge in [0.25, 0.3) is 0 Å². The third kappa shape index (κ3) is 4.06. The van der Waals surface area contributed by atoms with Gasteiger partial charge in [0.15, 0.2) is 0 Å². The van der Waals surface area contributed by atoms with E-state index in [4.69, 9.17) is 5.11 Å². The summed E-state index contributed by atoms with van der Waals surface area (Å²) in [6.45, 7) is 6.66. The van der Waals surface area contributed by atoms with Crippen molar-refractivity contribution < 1.29 is 19.5 Å². The van der Waals surface area contributed by atoms with Crippen LogP contribution >= 0.6 is 11.3 Å². The number of rotatable bonds is 5. The van der Waals surface area contributed by atoms with Crippen molar-refractivity contribution in [2.24, 2.45) is 11.8 Å². The summed E-state index contributed by atoms with van der Waals surface area (Å²) in [4.78, 5) is 44.0. The van der Waals surface area contributed by atoms with Crippen molar-refractivity contribution in [1.82, 2.24) is 14.8 Å². The Morgan fingerprint density at radius 1 is 1.35 bits per heavy atom. The highest BCUT2D eigenvalue weighted by atomic mass is 32.1. The third-order valence-corrected chi connectivity index (χ3v) is 6.19. The molecule has 2 amide bonds. The van der Waals surface area contributed by atoms with Crippen LogP contribution in [-0.2, 0) is 9.59 Å². The van der Waals surface area contributed by atoms with Crippen molar-refractivity contribution in [1.29, 1.82) is 0 Å². The van der Waals surface area contributed by atoms with Gasteiger partial charge in [-0.3, -0.25) is 9.59 Å². The number of hydrogen-bond acceptors (Lipinski definition) is 5. The van der Waals surface area contributed by atoms with E-state index in [-0.39, 0.29) is 28.5 Å². The van der Waals surface area contributed by atoms with Crippen molar-refractivity contribution in [2.45, 2.75) is 39.0 Å². The number of amides is 2. The van der Waals surface area contributed by atoms with Crippen LogP contribution in [0.25, 0.3) is 0 Å². The Labute approximate surface area is 157 Å². The van der Waals surface area contributed by atoms with E-state index >= 15 is 0 Å². The van der Waals surface area contributed by atoms with Crippen LogP contribution in [0.2, 0.25) is 0 Å². The number of hydrogen-bond donors (Lipinski definition) is 1. The molecule has 3 rings (SSSR count). The zero-order valence-electron chi connectivity index (χ0n) is 15.2. The van der Waals surface area contributed by atoms with Crippen LogP contribution in [0.3, 0.4) is 0 Å². The number of carbonyl (C=O) groups is 3. The number of aromatic carboxylic acids is 1. The number of aromatic nitrogens is 1. The molecule has 2 aliphatic rings. The molecule has 8 heteroatoms. The molecule has 1 unspecified atom stereocenters. The zero-order valence-corrected chi connectivity index (χ0v) is 16.0. The molecule has 2 saturated heterocycles. The summed E-state index contributed by atoms with van der Waals surface area (Å²) >= 11 is 1.22. The molecule has 0 spiro atoms. The summed E-state index contributed by atoms with van der Waals surface area (Å²) < 4.78 is 0. The molecule has 2 aliphatic heterocycles. The molecule has 142 valence electrons. The van der Waals surface area contributed by atoms with Gasteiger partial charge in [0.1, 0.15) is 4.88 Å². The summed E-state index contributed by atoms with van der Waals surface area (Å²) in [5, 5.41) is 9.86. The van der Waals surface area contributed by atoms with Gasteiger partial charge >= 0.3 is 5.97 Å². The highest BCUT2D eigenvalue weighted by Crippen LogP contribution is 2.32. The van der Waals surface area contributed by atoms with Crippen LogP contribution in [0.4, 0.5) is 0 Å². The van der Waals surface area contributed by atoms with E-state index in [0.717, 1.165) is 17.8 Å². The van der Waals surface area contributed by atoms with Crippen molar-refractivity contribution >= 4 is 29.1 Å². The van der Waals surface area contributed by atoms with Gasteiger partial charge in [0.2, 0.25) is 11.8 Å². The Balaban J connectivity index is 1.53. The first-order chi connectivity index (χ1) is 12.3. The van der Waals surface area contributed by atoms with Crippen LogP contribution in [0.5, 0.6) is 0 Å². The lowest BCUT2D eigenvalue weighted by atomic mass is 9.96. The normalized spacial score (nSPS) is 21.7. The minimum Gasteiger partial charge on any atom is -0.477 e. The Morgan fingerprint density at radius 3 is 2.62 bits per heavy atom.